The van der Waals surface area contributed by atoms with E-state index in [0.717, 1.165) is 38.9 Å². The summed E-state index contributed by atoms with van der Waals surface area (Å²) in [6.45, 7) is 0. The maximum atomic E-state index is 5.29. The van der Waals surface area contributed by atoms with Crippen molar-refractivity contribution in [3.8, 4) is 5.75 Å². The van der Waals surface area contributed by atoms with Crippen molar-refractivity contribution >= 4 is 33.7 Å². The lowest BCUT2D eigenvalue weighted by molar-refractivity contribution is 0.415. The van der Waals surface area contributed by atoms with Gasteiger partial charge in [0.05, 0.1) is 35.7 Å². The van der Waals surface area contributed by atoms with Gasteiger partial charge in [-0.1, -0.05) is 24.3 Å². The molecule has 0 fully saturated rings. The fourth-order valence-corrected chi connectivity index (χ4v) is 2.67. The van der Waals surface area contributed by atoms with E-state index in [4.69, 9.17) is 4.74 Å². The molecule has 0 aliphatic rings. The summed E-state index contributed by atoms with van der Waals surface area (Å²) in [5.74, 6) is 0.781. The average Bonchev–Trinajstić information content (AvgIpc) is 2.67. The highest BCUT2D eigenvalue weighted by Gasteiger charge is 2.03. The van der Waals surface area contributed by atoms with Crippen LogP contribution in [-0.2, 0) is 0 Å². The Labute approximate surface area is 145 Å². The Morgan fingerprint density at radius 1 is 1.00 bits per heavy atom. The number of aromatic nitrogens is 2. The zero-order valence-electron chi connectivity index (χ0n) is 13.7. The summed E-state index contributed by atoms with van der Waals surface area (Å²) >= 11 is 0. The average molecular weight is 328 g/mol. The molecule has 122 valence electrons. The lowest BCUT2D eigenvalue weighted by Gasteiger charge is -2.07. The Morgan fingerprint density at radius 2 is 1.92 bits per heavy atom. The van der Waals surface area contributed by atoms with Gasteiger partial charge in [-0.2, -0.15) is 5.10 Å². The van der Waals surface area contributed by atoms with Crippen molar-refractivity contribution in [2.24, 2.45) is 5.10 Å². The molecular weight excluding hydrogens is 312 g/mol. The molecule has 4 rings (SSSR count). The first-order valence-electron chi connectivity index (χ1n) is 7.91. The van der Waals surface area contributed by atoms with E-state index in [2.05, 4.69) is 20.5 Å². The number of fused-ring (bicyclic) bond motifs is 2. The summed E-state index contributed by atoms with van der Waals surface area (Å²) in [6.07, 6.45) is 3.46. The summed E-state index contributed by atoms with van der Waals surface area (Å²) in [6, 6.07) is 19.6. The van der Waals surface area contributed by atoms with Gasteiger partial charge in [0.2, 0.25) is 0 Å². The van der Waals surface area contributed by atoms with Crippen LogP contribution in [0.25, 0.3) is 21.8 Å². The highest BCUT2D eigenvalue weighted by Crippen LogP contribution is 2.25. The second kappa shape index (κ2) is 6.57. The van der Waals surface area contributed by atoms with Gasteiger partial charge in [0.25, 0.3) is 0 Å². The second-order valence-corrected chi connectivity index (χ2v) is 5.54. The van der Waals surface area contributed by atoms with E-state index >= 15 is 0 Å². The SMILES string of the molecule is COc1ccc2nccc(N/N=C/c3ccc4ccccc4n3)c2c1. The van der Waals surface area contributed by atoms with Crippen LogP contribution < -0.4 is 10.2 Å². The molecule has 2 aromatic heterocycles. The van der Waals surface area contributed by atoms with Crippen molar-refractivity contribution in [1.29, 1.82) is 0 Å². The first-order chi connectivity index (χ1) is 12.3. The van der Waals surface area contributed by atoms with Crippen LogP contribution >= 0.6 is 0 Å². The van der Waals surface area contributed by atoms with Crippen molar-refractivity contribution < 1.29 is 4.74 Å². The molecule has 0 saturated heterocycles. The Hall–Kier alpha value is -3.47. The zero-order valence-corrected chi connectivity index (χ0v) is 13.7. The minimum Gasteiger partial charge on any atom is -0.497 e. The predicted octanol–water partition coefficient (Wildman–Crippen LogP) is 4.24. The summed E-state index contributed by atoms with van der Waals surface area (Å²) in [7, 11) is 1.65. The third-order valence-electron chi connectivity index (χ3n) is 3.95. The van der Waals surface area contributed by atoms with Crippen molar-refractivity contribution in [3.05, 3.63) is 72.6 Å². The third kappa shape index (κ3) is 3.12. The summed E-state index contributed by atoms with van der Waals surface area (Å²) in [5, 5.41) is 6.38. The van der Waals surface area contributed by atoms with Gasteiger partial charge in [0.15, 0.2) is 0 Å². The third-order valence-corrected chi connectivity index (χ3v) is 3.95. The number of hydrogen-bond donors (Lipinski definition) is 1. The largest absolute Gasteiger partial charge is 0.497 e. The number of hydrazone groups is 1. The van der Waals surface area contributed by atoms with Crippen LogP contribution in [0.4, 0.5) is 5.69 Å². The number of ether oxygens (including phenoxy) is 1. The number of nitrogens with zero attached hydrogens (tertiary/aromatic N) is 3. The summed E-state index contributed by atoms with van der Waals surface area (Å²) < 4.78 is 5.29. The highest BCUT2D eigenvalue weighted by atomic mass is 16.5. The molecule has 0 aliphatic heterocycles. The van der Waals surface area contributed by atoms with Gasteiger partial charge in [-0.05, 0) is 36.4 Å². The van der Waals surface area contributed by atoms with Crippen LogP contribution in [0.3, 0.4) is 0 Å². The number of hydrogen-bond acceptors (Lipinski definition) is 5. The topological polar surface area (TPSA) is 59.4 Å². The second-order valence-electron chi connectivity index (χ2n) is 5.54. The minimum absolute atomic E-state index is 0.781. The lowest BCUT2D eigenvalue weighted by atomic mass is 10.2. The molecule has 0 amide bonds. The molecule has 0 atom stereocenters. The maximum Gasteiger partial charge on any atom is 0.119 e. The maximum absolute atomic E-state index is 5.29. The fraction of sp³-hybridized carbons (Fsp3) is 0.0500. The molecule has 0 aliphatic carbocycles. The number of rotatable bonds is 4. The molecule has 5 nitrogen and oxygen atoms in total. The van der Waals surface area contributed by atoms with Crippen LogP contribution in [0.2, 0.25) is 0 Å². The molecule has 2 heterocycles. The van der Waals surface area contributed by atoms with Gasteiger partial charge in [-0.3, -0.25) is 10.4 Å². The molecule has 0 radical (unpaired) electrons. The molecule has 25 heavy (non-hydrogen) atoms. The number of benzene rings is 2. The standard InChI is InChI=1S/C20H16N4O/c1-25-16-8-9-19-17(12-16)20(10-11-21-19)24-22-13-15-7-6-14-4-2-3-5-18(14)23-15/h2-13H,1H3,(H,21,24)/b22-13+. The fourth-order valence-electron chi connectivity index (χ4n) is 2.67. The summed E-state index contributed by atoms with van der Waals surface area (Å²) in [5.41, 5.74) is 6.55. The van der Waals surface area contributed by atoms with E-state index in [1.807, 2.05) is 60.7 Å². The van der Waals surface area contributed by atoms with Crippen LogP contribution in [0.1, 0.15) is 5.69 Å². The summed E-state index contributed by atoms with van der Waals surface area (Å²) in [4.78, 5) is 8.93. The Kier molecular flexibility index (Phi) is 3.96. The molecule has 0 saturated carbocycles. The van der Waals surface area contributed by atoms with Crippen molar-refractivity contribution in [2.75, 3.05) is 12.5 Å². The Bertz CT molecular complexity index is 1080. The Morgan fingerprint density at radius 3 is 2.84 bits per heavy atom. The van der Waals surface area contributed by atoms with Gasteiger partial charge in [0, 0.05) is 17.0 Å². The number of para-hydroxylation sites is 1. The quantitative estimate of drug-likeness (QED) is 0.450. The number of methoxy groups -OCH3 is 1. The first-order valence-corrected chi connectivity index (χ1v) is 7.91. The van der Waals surface area contributed by atoms with Gasteiger partial charge in [-0.25, -0.2) is 4.98 Å². The molecule has 5 heteroatoms. The van der Waals surface area contributed by atoms with E-state index < -0.39 is 0 Å². The van der Waals surface area contributed by atoms with Crippen LogP contribution in [0.5, 0.6) is 5.75 Å². The minimum atomic E-state index is 0.781. The van der Waals surface area contributed by atoms with Gasteiger partial charge >= 0.3 is 0 Å². The normalized spacial score (nSPS) is 11.2. The number of pyridine rings is 2. The molecule has 0 spiro atoms. The lowest BCUT2D eigenvalue weighted by Crippen LogP contribution is -1.95. The van der Waals surface area contributed by atoms with Gasteiger partial charge in [-0.15, -0.1) is 0 Å². The monoisotopic (exact) mass is 328 g/mol. The van der Waals surface area contributed by atoms with E-state index in [9.17, 15) is 0 Å². The van der Waals surface area contributed by atoms with E-state index in [1.54, 1.807) is 19.5 Å². The number of nitrogens with one attached hydrogen (secondary N) is 1. The van der Waals surface area contributed by atoms with E-state index in [1.165, 1.54) is 0 Å². The number of anilines is 1. The molecular formula is C20H16N4O. The molecule has 0 unspecified atom stereocenters. The highest BCUT2D eigenvalue weighted by molar-refractivity contribution is 5.92. The van der Waals surface area contributed by atoms with Crippen molar-refractivity contribution in [3.63, 3.8) is 0 Å². The van der Waals surface area contributed by atoms with Crippen LogP contribution in [-0.4, -0.2) is 23.3 Å². The predicted molar refractivity (Wildman–Crippen MR) is 101 cm³/mol. The Balaban J connectivity index is 1.61. The van der Waals surface area contributed by atoms with Crippen LogP contribution in [0, 0.1) is 0 Å². The first kappa shape index (κ1) is 15.1. The molecule has 0 bridgehead atoms. The van der Waals surface area contributed by atoms with Crippen molar-refractivity contribution in [2.45, 2.75) is 0 Å². The van der Waals surface area contributed by atoms with Crippen LogP contribution in [0.15, 0.2) is 72.0 Å². The van der Waals surface area contributed by atoms with Gasteiger partial charge in [0.1, 0.15) is 5.75 Å². The molecule has 2 aromatic carbocycles. The molecule has 4 aromatic rings. The van der Waals surface area contributed by atoms with E-state index in [0.29, 0.717) is 0 Å². The van der Waals surface area contributed by atoms with E-state index in [-0.39, 0.29) is 0 Å². The van der Waals surface area contributed by atoms with Crippen molar-refractivity contribution in [1.82, 2.24) is 9.97 Å². The van der Waals surface area contributed by atoms with Gasteiger partial charge < -0.3 is 4.74 Å². The zero-order chi connectivity index (χ0) is 17.1. The smallest absolute Gasteiger partial charge is 0.119 e. The molecule has 1 N–H and O–H groups in total.